The molecule has 1 heterocycles. The van der Waals surface area contributed by atoms with E-state index in [1.165, 1.54) is 0 Å². The third kappa shape index (κ3) is 7.38. The predicted molar refractivity (Wildman–Crippen MR) is 35.3 cm³/mol. The summed E-state index contributed by atoms with van der Waals surface area (Å²) in [6.45, 7) is 0. The van der Waals surface area contributed by atoms with E-state index in [9.17, 15) is 0 Å². The summed E-state index contributed by atoms with van der Waals surface area (Å²) >= 11 is -3.76. The number of anilines is 3. The number of hydrogen-bond acceptors (Lipinski definition) is 9. The number of rotatable bonds is 0. The first-order valence-electron chi connectivity index (χ1n) is 2.69. The molecular weight excluding hydrogens is 295 g/mol. The Hall–Kier alpha value is -0.980. The van der Waals surface area contributed by atoms with E-state index in [0.717, 1.165) is 0 Å². The molecule has 13 heavy (non-hydrogen) atoms. The van der Waals surface area contributed by atoms with Crippen LogP contribution in [-0.2, 0) is 0 Å². The molecule has 0 amide bonds. The van der Waals surface area contributed by atoms with Crippen molar-refractivity contribution >= 4 is 17.8 Å². The van der Waals surface area contributed by atoms with E-state index < -0.39 is 21.1 Å². The maximum Gasteiger partial charge on any atom is 0.503 e. The fourth-order valence-corrected chi connectivity index (χ4v) is 0.427. The van der Waals surface area contributed by atoms with Gasteiger partial charge in [-0.15, -0.1) is 0 Å². The Morgan fingerprint density at radius 2 is 1.08 bits per heavy atom. The van der Waals surface area contributed by atoms with Crippen molar-refractivity contribution in [2.24, 2.45) is 0 Å². The molecule has 1 aromatic rings. The molecule has 0 aromatic carbocycles. The lowest BCUT2D eigenvalue weighted by Crippen LogP contribution is -3.98. The van der Waals surface area contributed by atoms with Crippen molar-refractivity contribution in [1.29, 1.82) is 0 Å². The fraction of sp³-hybridized carbons (Fsp3) is 0. The highest BCUT2D eigenvalue weighted by molar-refractivity contribution is 5.33. The Morgan fingerprint density at radius 1 is 0.923 bits per heavy atom. The van der Waals surface area contributed by atoms with E-state index in [1.807, 2.05) is 0 Å². The van der Waals surface area contributed by atoms with Crippen LogP contribution in [0.3, 0.4) is 0 Å². The molecule has 0 saturated carbocycles. The molecule has 0 aliphatic heterocycles. The van der Waals surface area contributed by atoms with E-state index in [-0.39, 0.29) is 17.8 Å². The van der Waals surface area contributed by atoms with Gasteiger partial charge in [-0.1, -0.05) is 0 Å². The molecule has 74 valence electrons. The van der Waals surface area contributed by atoms with Gasteiger partial charge in [-0.25, -0.2) is 0 Å². The van der Waals surface area contributed by atoms with Crippen LogP contribution >= 0.6 is 0 Å². The Labute approximate surface area is 81.7 Å². The van der Waals surface area contributed by atoms with Crippen molar-refractivity contribution in [3.63, 3.8) is 0 Å². The molecule has 0 spiro atoms. The topological polar surface area (TPSA) is 183 Å². The van der Waals surface area contributed by atoms with Gasteiger partial charge in [-0.2, -0.15) is 15.0 Å². The largest absolute Gasteiger partial charge is 0.503 e. The summed E-state index contributed by atoms with van der Waals surface area (Å²) in [4.78, 5) is 10.5. The highest BCUT2D eigenvalue weighted by atomic mass is 127. The van der Waals surface area contributed by atoms with E-state index in [1.54, 1.807) is 0 Å². The Morgan fingerprint density at radius 3 is 1.23 bits per heavy atom. The summed E-state index contributed by atoms with van der Waals surface area (Å²) in [6.07, 6.45) is 0. The zero-order valence-corrected chi connectivity index (χ0v) is 8.37. The van der Waals surface area contributed by atoms with Crippen molar-refractivity contribution in [3.8, 4) is 0 Å². The average Bonchev–Trinajstić information content (AvgIpc) is 1.80. The maximum atomic E-state index is 8.68. The van der Waals surface area contributed by atoms with Crippen LogP contribution in [0, 0.1) is 0 Å². The van der Waals surface area contributed by atoms with Crippen LogP contribution in [0.15, 0.2) is 0 Å². The first-order valence-corrected chi connectivity index (χ1v) is 5.41. The van der Waals surface area contributed by atoms with E-state index in [4.69, 9.17) is 27.5 Å². The maximum absolute atomic E-state index is 8.68. The van der Waals surface area contributed by atoms with Gasteiger partial charge in [0.2, 0.25) is 17.8 Å². The molecule has 0 atom stereocenters. The Balaban J connectivity index is 0.000000310. The summed E-state index contributed by atoms with van der Waals surface area (Å²) in [5.74, 6) is 0.125. The van der Waals surface area contributed by atoms with Gasteiger partial charge in [0.25, 0.3) is 0 Å². The molecular formula is C3H7IN6O3. The van der Waals surface area contributed by atoms with Gasteiger partial charge in [0.15, 0.2) is 0 Å². The summed E-state index contributed by atoms with van der Waals surface area (Å²) in [5, 5.41) is 0. The fourth-order valence-electron chi connectivity index (χ4n) is 0.427. The number of nitrogens with two attached hydrogens (primary N) is 3. The van der Waals surface area contributed by atoms with Crippen LogP contribution in [0.25, 0.3) is 0 Å². The van der Waals surface area contributed by atoms with Crippen molar-refractivity contribution in [2.45, 2.75) is 0 Å². The molecule has 0 fully saturated rings. The molecule has 0 bridgehead atoms. The van der Waals surface area contributed by atoms with E-state index >= 15 is 0 Å². The summed E-state index contributed by atoms with van der Waals surface area (Å²) in [6, 6.07) is 0. The highest BCUT2D eigenvalue weighted by Crippen LogP contribution is 1.97. The van der Waals surface area contributed by atoms with Crippen LogP contribution in [-0.4, -0.2) is 18.4 Å². The highest BCUT2D eigenvalue weighted by Gasteiger charge is 1.93. The zero-order valence-electron chi connectivity index (χ0n) is 6.22. The van der Waals surface area contributed by atoms with Gasteiger partial charge >= 0.3 is 21.1 Å². The van der Waals surface area contributed by atoms with E-state index in [0.29, 0.717) is 0 Å². The van der Waals surface area contributed by atoms with Crippen molar-refractivity contribution in [1.82, 2.24) is 15.0 Å². The second-order valence-corrected chi connectivity index (χ2v) is 2.76. The lowest BCUT2D eigenvalue weighted by Gasteiger charge is -1.93. The third-order valence-electron chi connectivity index (χ3n) is 0.687. The van der Waals surface area contributed by atoms with Gasteiger partial charge in [0.1, 0.15) is 0 Å². The molecule has 0 radical (unpaired) electrons. The number of halogens is 1. The monoisotopic (exact) mass is 302 g/mol. The van der Waals surface area contributed by atoms with Gasteiger partial charge in [0.05, 0.1) is 0 Å². The van der Waals surface area contributed by atoms with Crippen LogP contribution in [0.2, 0.25) is 0 Å². The van der Waals surface area contributed by atoms with E-state index in [2.05, 4.69) is 15.0 Å². The second-order valence-electron chi connectivity index (χ2n) is 1.61. The normalized spacial score (nSPS) is 9.23. The molecule has 1 rings (SSSR count). The van der Waals surface area contributed by atoms with Crippen molar-refractivity contribution < 1.29 is 31.4 Å². The molecule has 1 aromatic heterocycles. The minimum atomic E-state index is -3.76. The summed E-state index contributed by atoms with van der Waals surface area (Å²) in [5.41, 5.74) is 15.4. The molecule has 0 saturated heterocycles. The summed E-state index contributed by atoms with van der Waals surface area (Å²) < 4.78 is 24.5. The lowest BCUT2D eigenvalue weighted by atomic mass is 10.9. The van der Waals surface area contributed by atoms with Gasteiger partial charge in [0, 0.05) is 0 Å². The molecule has 7 N–H and O–H groups in total. The van der Waals surface area contributed by atoms with Gasteiger partial charge in [-0.05, 0) is 3.44 Å². The van der Waals surface area contributed by atoms with Gasteiger partial charge < -0.3 is 24.1 Å². The van der Waals surface area contributed by atoms with Crippen molar-refractivity contribution in [2.75, 3.05) is 17.2 Å². The van der Waals surface area contributed by atoms with Crippen LogP contribution in [0.4, 0.5) is 17.8 Å². The molecule has 9 nitrogen and oxygen atoms in total. The predicted octanol–water partition coefficient (Wildman–Crippen LogP) is -7.31. The molecule has 10 heteroatoms. The first kappa shape index (κ1) is 12.0. The standard InChI is InChI=1S/C3H6N6.HIO3/c4-1-7-2(5)9-3(6)8-1;2-1(3)4/h(H6,4,5,6,7,8,9);2H. The van der Waals surface area contributed by atoms with Crippen LogP contribution in [0.5, 0.6) is 0 Å². The van der Waals surface area contributed by atoms with Crippen LogP contribution in [0.1, 0.15) is 0 Å². The molecule has 0 aliphatic carbocycles. The Bertz CT molecular complexity index is 216. The third-order valence-corrected chi connectivity index (χ3v) is 0.687. The molecule has 0 unspecified atom stereocenters. The number of nitrogen functional groups attached to an aromatic ring is 3. The second kappa shape index (κ2) is 5.63. The lowest BCUT2D eigenvalue weighted by molar-refractivity contribution is -1.63. The minimum Gasteiger partial charge on any atom is -0.396 e. The quantitative estimate of drug-likeness (QED) is 0.338. The van der Waals surface area contributed by atoms with Crippen LogP contribution < -0.4 is 45.1 Å². The summed E-state index contributed by atoms with van der Waals surface area (Å²) in [7, 11) is 0. The number of nitrogens with zero attached hydrogens (tertiary/aromatic N) is 3. The Kier molecular flexibility index (Phi) is 5.20. The van der Waals surface area contributed by atoms with Gasteiger partial charge in [-0.3, -0.25) is 0 Å². The average molecular weight is 302 g/mol. The minimum absolute atomic E-state index is 0.0417. The smallest absolute Gasteiger partial charge is 0.396 e. The first-order chi connectivity index (χ1) is 5.91. The zero-order chi connectivity index (χ0) is 10.4. The SMILES string of the molecule is Nc1nc(N)nc(N)n1.[O-][I+2]([O-])O. The number of aromatic nitrogens is 3. The van der Waals surface area contributed by atoms with Crippen molar-refractivity contribution in [3.05, 3.63) is 0 Å². The molecule has 0 aliphatic rings. The number of hydrogen-bond donors (Lipinski definition) is 4.